The molecule has 1 N–H and O–H groups in total. The van der Waals surface area contributed by atoms with Crippen LogP contribution >= 0.6 is 0 Å². The molecule has 82 valence electrons. The number of hydrogen-bond donors (Lipinski definition) is 1. The molecule has 0 atom stereocenters. The molecule has 0 heterocycles. The van der Waals surface area contributed by atoms with Gasteiger partial charge in [0.1, 0.15) is 0 Å². The molecule has 0 bridgehead atoms. The second-order valence-corrected chi connectivity index (χ2v) is 3.49. The molecule has 1 nitrogen and oxygen atoms in total. The molecule has 3 heteroatoms. The van der Waals surface area contributed by atoms with Crippen LogP contribution in [0, 0.1) is 0 Å². The fraction of sp³-hybridized carbons (Fsp3) is 0.333. The quantitative estimate of drug-likeness (QED) is 0.806. The van der Waals surface area contributed by atoms with Crippen LogP contribution in [-0.4, -0.2) is 13.6 Å². The van der Waals surface area contributed by atoms with Crippen LogP contribution < -0.4 is 5.32 Å². The van der Waals surface area contributed by atoms with E-state index < -0.39 is 6.43 Å². The SMILES string of the molecule is CNC/C(C)=C/c1ccc(C(F)F)cc1. The van der Waals surface area contributed by atoms with Gasteiger partial charge in [-0.15, -0.1) is 0 Å². The van der Waals surface area contributed by atoms with Crippen molar-refractivity contribution in [3.63, 3.8) is 0 Å². The summed E-state index contributed by atoms with van der Waals surface area (Å²) in [5.41, 5.74) is 2.19. The van der Waals surface area contributed by atoms with E-state index in [9.17, 15) is 8.78 Å². The van der Waals surface area contributed by atoms with Gasteiger partial charge in [-0.1, -0.05) is 35.9 Å². The number of likely N-dealkylation sites (N-methyl/N-ethyl adjacent to an activating group) is 1. The summed E-state index contributed by atoms with van der Waals surface area (Å²) < 4.78 is 24.5. The lowest BCUT2D eigenvalue weighted by molar-refractivity contribution is 0.151. The highest BCUT2D eigenvalue weighted by atomic mass is 19.3. The summed E-state index contributed by atoms with van der Waals surface area (Å²) in [4.78, 5) is 0. The van der Waals surface area contributed by atoms with Crippen molar-refractivity contribution in [2.75, 3.05) is 13.6 Å². The molecule has 1 aromatic rings. The topological polar surface area (TPSA) is 12.0 Å². The van der Waals surface area contributed by atoms with Crippen molar-refractivity contribution in [3.8, 4) is 0 Å². The van der Waals surface area contributed by atoms with Crippen LogP contribution in [0.4, 0.5) is 8.78 Å². The summed E-state index contributed by atoms with van der Waals surface area (Å²) in [5, 5.41) is 3.03. The van der Waals surface area contributed by atoms with Gasteiger partial charge in [0.25, 0.3) is 6.43 Å². The molecule has 0 saturated heterocycles. The van der Waals surface area contributed by atoms with Crippen LogP contribution in [0.5, 0.6) is 0 Å². The minimum atomic E-state index is -2.39. The number of halogens is 2. The van der Waals surface area contributed by atoms with Gasteiger partial charge in [-0.3, -0.25) is 0 Å². The first-order valence-corrected chi connectivity index (χ1v) is 4.83. The summed E-state index contributed by atoms with van der Waals surface area (Å²) in [5.74, 6) is 0. The summed E-state index contributed by atoms with van der Waals surface area (Å²) in [7, 11) is 1.87. The lowest BCUT2D eigenvalue weighted by atomic mass is 10.1. The molecule has 0 aliphatic carbocycles. The molecule has 0 radical (unpaired) electrons. The monoisotopic (exact) mass is 211 g/mol. The molecule has 0 aliphatic heterocycles. The number of benzene rings is 1. The summed E-state index contributed by atoms with van der Waals surface area (Å²) >= 11 is 0. The molecule has 0 spiro atoms. The van der Waals surface area contributed by atoms with Gasteiger partial charge in [-0.2, -0.15) is 0 Å². The van der Waals surface area contributed by atoms with Gasteiger partial charge >= 0.3 is 0 Å². The largest absolute Gasteiger partial charge is 0.316 e. The normalized spacial score (nSPS) is 12.2. The lowest BCUT2D eigenvalue weighted by Gasteiger charge is -2.02. The van der Waals surface area contributed by atoms with E-state index in [1.165, 1.54) is 17.7 Å². The van der Waals surface area contributed by atoms with Gasteiger partial charge in [0, 0.05) is 12.1 Å². The molecule has 0 saturated carbocycles. The molecule has 1 rings (SSSR count). The van der Waals surface area contributed by atoms with E-state index in [1.54, 1.807) is 12.1 Å². The van der Waals surface area contributed by atoms with Crippen molar-refractivity contribution in [2.45, 2.75) is 13.3 Å². The zero-order valence-electron chi connectivity index (χ0n) is 8.93. The average Bonchev–Trinajstić information content (AvgIpc) is 2.18. The van der Waals surface area contributed by atoms with Crippen molar-refractivity contribution in [3.05, 3.63) is 41.0 Å². The first-order valence-electron chi connectivity index (χ1n) is 4.83. The minimum Gasteiger partial charge on any atom is -0.316 e. The maximum absolute atomic E-state index is 12.3. The van der Waals surface area contributed by atoms with Crippen LogP contribution in [0.15, 0.2) is 29.8 Å². The highest BCUT2D eigenvalue weighted by Crippen LogP contribution is 2.19. The molecule has 0 aliphatic rings. The maximum atomic E-state index is 12.3. The third-order valence-electron chi connectivity index (χ3n) is 2.06. The van der Waals surface area contributed by atoms with Crippen LogP contribution in [0.2, 0.25) is 0 Å². The van der Waals surface area contributed by atoms with Crippen molar-refractivity contribution in [2.24, 2.45) is 0 Å². The molecule has 15 heavy (non-hydrogen) atoms. The second-order valence-electron chi connectivity index (χ2n) is 3.49. The van der Waals surface area contributed by atoms with Crippen molar-refractivity contribution < 1.29 is 8.78 Å². The Morgan fingerprint density at radius 1 is 1.33 bits per heavy atom. The third kappa shape index (κ3) is 3.80. The van der Waals surface area contributed by atoms with E-state index in [2.05, 4.69) is 5.32 Å². The van der Waals surface area contributed by atoms with Gasteiger partial charge in [0.15, 0.2) is 0 Å². The average molecular weight is 211 g/mol. The van der Waals surface area contributed by atoms with Crippen molar-refractivity contribution in [1.82, 2.24) is 5.32 Å². The van der Waals surface area contributed by atoms with E-state index >= 15 is 0 Å². The van der Waals surface area contributed by atoms with Crippen molar-refractivity contribution in [1.29, 1.82) is 0 Å². The smallest absolute Gasteiger partial charge is 0.263 e. The number of rotatable bonds is 4. The molecule has 0 unspecified atom stereocenters. The number of alkyl halides is 2. The molecule has 0 aromatic heterocycles. The van der Waals surface area contributed by atoms with Crippen molar-refractivity contribution >= 4 is 6.08 Å². The molecule has 0 fully saturated rings. The van der Waals surface area contributed by atoms with Gasteiger partial charge < -0.3 is 5.32 Å². The van der Waals surface area contributed by atoms with Gasteiger partial charge in [0.05, 0.1) is 0 Å². The first-order chi connectivity index (χ1) is 7.13. The number of hydrogen-bond acceptors (Lipinski definition) is 1. The Bertz CT molecular complexity index is 328. The van der Waals surface area contributed by atoms with Crippen LogP contribution in [0.3, 0.4) is 0 Å². The molecular weight excluding hydrogens is 196 g/mol. The second kappa shape index (κ2) is 5.61. The summed E-state index contributed by atoms with van der Waals surface area (Å²) in [6.45, 7) is 2.80. The van der Waals surface area contributed by atoms with E-state index in [0.717, 1.165) is 12.1 Å². The van der Waals surface area contributed by atoms with E-state index in [1.807, 2.05) is 20.0 Å². The zero-order valence-corrected chi connectivity index (χ0v) is 8.93. The lowest BCUT2D eigenvalue weighted by Crippen LogP contribution is -2.08. The standard InChI is InChI=1S/C12H15F2N/c1-9(8-15-2)7-10-3-5-11(6-4-10)12(13)14/h3-7,12,15H,8H2,1-2H3/b9-7+. The summed E-state index contributed by atoms with van der Waals surface area (Å²) in [6.07, 6.45) is -0.410. The zero-order chi connectivity index (χ0) is 11.3. The summed E-state index contributed by atoms with van der Waals surface area (Å²) in [6, 6.07) is 6.34. The first kappa shape index (κ1) is 11.9. The predicted molar refractivity (Wildman–Crippen MR) is 59.0 cm³/mol. The van der Waals surface area contributed by atoms with Gasteiger partial charge in [-0.05, 0) is 19.5 Å². The Balaban J connectivity index is 2.76. The third-order valence-corrected chi connectivity index (χ3v) is 2.06. The minimum absolute atomic E-state index is 0.0680. The Morgan fingerprint density at radius 3 is 2.40 bits per heavy atom. The van der Waals surface area contributed by atoms with Gasteiger partial charge in [0.2, 0.25) is 0 Å². The Morgan fingerprint density at radius 2 is 1.93 bits per heavy atom. The Labute approximate surface area is 88.8 Å². The predicted octanol–water partition coefficient (Wildman–Crippen LogP) is 3.25. The fourth-order valence-electron chi connectivity index (χ4n) is 1.35. The highest BCUT2D eigenvalue weighted by Gasteiger charge is 2.04. The molecule has 0 amide bonds. The maximum Gasteiger partial charge on any atom is 0.263 e. The fourth-order valence-corrected chi connectivity index (χ4v) is 1.35. The van der Waals surface area contributed by atoms with Crippen LogP contribution in [0.25, 0.3) is 6.08 Å². The highest BCUT2D eigenvalue weighted by molar-refractivity contribution is 5.53. The van der Waals surface area contributed by atoms with E-state index in [4.69, 9.17) is 0 Å². The Hall–Kier alpha value is -1.22. The Kier molecular flexibility index (Phi) is 4.43. The molecular formula is C12H15F2N. The van der Waals surface area contributed by atoms with Crippen LogP contribution in [-0.2, 0) is 0 Å². The molecule has 1 aromatic carbocycles. The van der Waals surface area contributed by atoms with E-state index in [-0.39, 0.29) is 5.56 Å². The van der Waals surface area contributed by atoms with Gasteiger partial charge in [-0.25, -0.2) is 8.78 Å². The van der Waals surface area contributed by atoms with Crippen LogP contribution in [0.1, 0.15) is 24.5 Å². The number of nitrogens with one attached hydrogen (secondary N) is 1. The van der Waals surface area contributed by atoms with E-state index in [0.29, 0.717) is 0 Å².